The maximum atomic E-state index is 12.9. The lowest BCUT2D eigenvalue weighted by Crippen LogP contribution is -2.34. The fourth-order valence-electron chi connectivity index (χ4n) is 4.23. The van der Waals surface area contributed by atoms with E-state index in [2.05, 4.69) is 34.5 Å². The highest BCUT2D eigenvalue weighted by atomic mass is 32.1. The number of aryl methyl sites for hydroxylation is 1. The van der Waals surface area contributed by atoms with Crippen LogP contribution < -0.4 is 5.32 Å². The molecular weight excluding hydrogens is 448 g/mol. The predicted octanol–water partition coefficient (Wildman–Crippen LogP) is 6.59. The van der Waals surface area contributed by atoms with E-state index in [1.165, 1.54) is 22.4 Å². The van der Waals surface area contributed by atoms with Gasteiger partial charge in [-0.25, -0.2) is 4.79 Å². The summed E-state index contributed by atoms with van der Waals surface area (Å²) in [7, 11) is 0. The van der Waals surface area contributed by atoms with Gasteiger partial charge in [0.2, 0.25) is 0 Å². The van der Waals surface area contributed by atoms with Crippen molar-refractivity contribution in [2.75, 3.05) is 11.9 Å². The van der Waals surface area contributed by atoms with Crippen LogP contribution in [-0.4, -0.2) is 22.6 Å². The fourth-order valence-corrected chi connectivity index (χ4v) is 5.81. The van der Waals surface area contributed by atoms with Gasteiger partial charge < -0.3 is 15.0 Å². The number of nitrogens with one attached hydrogen (secondary N) is 1. The number of thiocarbonyl (C=S) groups is 1. The zero-order valence-electron chi connectivity index (χ0n) is 19.0. The molecule has 0 saturated carbocycles. The second-order valence-electron chi connectivity index (χ2n) is 8.25. The fraction of sp³-hybridized carbons (Fsp3) is 0.333. The van der Waals surface area contributed by atoms with E-state index in [0.717, 1.165) is 36.2 Å². The van der Waals surface area contributed by atoms with Gasteiger partial charge in [-0.05, 0) is 61.5 Å². The Bertz CT molecular complexity index is 1040. The number of carbonyl (C=O) groups is 1. The maximum Gasteiger partial charge on any atom is 0.341 e. The zero-order valence-corrected chi connectivity index (χ0v) is 20.6. The normalized spacial score (nSPS) is 13.0. The molecule has 4 rings (SSSR count). The van der Waals surface area contributed by atoms with Crippen LogP contribution >= 0.6 is 23.6 Å². The van der Waals surface area contributed by atoms with Gasteiger partial charge in [0.25, 0.3) is 0 Å². The van der Waals surface area contributed by atoms with E-state index in [0.29, 0.717) is 30.4 Å². The van der Waals surface area contributed by atoms with Crippen molar-refractivity contribution in [1.29, 1.82) is 0 Å². The summed E-state index contributed by atoms with van der Waals surface area (Å²) in [5.74, 6) is -0.250. The van der Waals surface area contributed by atoms with E-state index in [-0.39, 0.29) is 5.97 Å². The largest absolute Gasteiger partial charge is 0.462 e. The summed E-state index contributed by atoms with van der Waals surface area (Å²) >= 11 is 7.57. The molecule has 2 aromatic carbocycles. The quantitative estimate of drug-likeness (QED) is 0.236. The third kappa shape index (κ3) is 6.01. The van der Waals surface area contributed by atoms with Gasteiger partial charge in [0.05, 0.1) is 12.2 Å². The number of anilines is 1. The molecule has 0 fully saturated rings. The van der Waals surface area contributed by atoms with Gasteiger partial charge in [-0.15, -0.1) is 11.3 Å². The summed E-state index contributed by atoms with van der Waals surface area (Å²) in [6.45, 7) is 3.58. The Hall–Kier alpha value is -2.70. The first-order valence-electron chi connectivity index (χ1n) is 11.6. The van der Waals surface area contributed by atoms with Crippen molar-refractivity contribution < 1.29 is 9.53 Å². The number of fused-ring (bicyclic) bond motifs is 1. The topological polar surface area (TPSA) is 41.6 Å². The Morgan fingerprint density at radius 1 is 0.970 bits per heavy atom. The molecule has 0 amide bonds. The molecule has 6 heteroatoms. The van der Waals surface area contributed by atoms with Gasteiger partial charge in [-0.1, -0.05) is 67.1 Å². The Balaban J connectivity index is 1.62. The molecule has 1 aliphatic rings. The molecule has 1 heterocycles. The van der Waals surface area contributed by atoms with E-state index in [4.69, 9.17) is 17.0 Å². The Kier molecular flexibility index (Phi) is 8.13. The maximum absolute atomic E-state index is 12.9. The highest BCUT2D eigenvalue weighted by Crippen LogP contribution is 2.38. The first kappa shape index (κ1) is 23.5. The van der Waals surface area contributed by atoms with Gasteiger partial charge in [-0.2, -0.15) is 0 Å². The highest BCUT2D eigenvalue weighted by molar-refractivity contribution is 7.80. The van der Waals surface area contributed by atoms with E-state index in [1.807, 2.05) is 43.3 Å². The van der Waals surface area contributed by atoms with Gasteiger partial charge in [0.1, 0.15) is 5.00 Å². The minimum Gasteiger partial charge on any atom is -0.462 e. The number of nitrogens with zero attached hydrogens (tertiary/aromatic N) is 1. The first-order chi connectivity index (χ1) is 16.2. The molecule has 0 aliphatic heterocycles. The molecule has 1 aliphatic carbocycles. The lowest BCUT2D eigenvalue weighted by molar-refractivity contribution is 0.0527. The lowest BCUT2D eigenvalue weighted by atomic mass is 10.1. The van der Waals surface area contributed by atoms with Crippen LogP contribution in [0.15, 0.2) is 60.7 Å². The first-order valence-corrected chi connectivity index (χ1v) is 12.8. The van der Waals surface area contributed by atoms with Crippen molar-refractivity contribution >= 4 is 39.6 Å². The van der Waals surface area contributed by atoms with Crippen LogP contribution in [0.25, 0.3) is 0 Å². The number of benzene rings is 2. The third-order valence-corrected chi connectivity index (χ3v) is 7.41. The van der Waals surface area contributed by atoms with Crippen LogP contribution in [0.3, 0.4) is 0 Å². The summed E-state index contributed by atoms with van der Waals surface area (Å²) in [5, 5.41) is 4.87. The molecule has 3 aromatic rings. The molecule has 33 heavy (non-hydrogen) atoms. The van der Waals surface area contributed by atoms with Crippen LogP contribution in [0.4, 0.5) is 5.00 Å². The molecule has 172 valence electrons. The molecule has 4 nitrogen and oxygen atoms in total. The second kappa shape index (κ2) is 11.4. The van der Waals surface area contributed by atoms with E-state index in [9.17, 15) is 4.79 Å². The van der Waals surface area contributed by atoms with Crippen molar-refractivity contribution in [3.8, 4) is 0 Å². The third-order valence-electron chi connectivity index (χ3n) is 5.84. The number of carbonyl (C=O) groups excluding carboxylic acids is 1. The number of thiophene rings is 1. The lowest BCUT2D eigenvalue weighted by Gasteiger charge is -2.26. The molecule has 0 saturated heterocycles. The van der Waals surface area contributed by atoms with Crippen molar-refractivity contribution in [3.05, 3.63) is 87.8 Å². The van der Waals surface area contributed by atoms with Crippen molar-refractivity contribution in [3.63, 3.8) is 0 Å². The van der Waals surface area contributed by atoms with E-state index in [1.54, 1.807) is 11.3 Å². The summed E-state index contributed by atoms with van der Waals surface area (Å²) in [6, 6.07) is 20.6. The number of hydrogen-bond acceptors (Lipinski definition) is 4. The van der Waals surface area contributed by atoms with Gasteiger partial charge in [0.15, 0.2) is 5.11 Å². The summed E-state index contributed by atoms with van der Waals surface area (Å²) in [5.41, 5.74) is 4.20. The number of rotatable bonds is 7. The molecule has 1 aromatic heterocycles. The average molecular weight is 479 g/mol. The molecular formula is C27H30N2O2S2. The second-order valence-corrected chi connectivity index (χ2v) is 9.74. The summed E-state index contributed by atoms with van der Waals surface area (Å²) in [6.07, 6.45) is 5.40. The molecule has 0 radical (unpaired) electrons. The van der Waals surface area contributed by atoms with Gasteiger partial charge in [0, 0.05) is 18.0 Å². The number of hydrogen-bond donors (Lipinski definition) is 1. The Morgan fingerprint density at radius 2 is 1.58 bits per heavy atom. The van der Waals surface area contributed by atoms with Crippen LogP contribution in [0, 0.1) is 0 Å². The summed E-state index contributed by atoms with van der Waals surface area (Å²) in [4.78, 5) is 16.4. The number of ether oxygens (including phenoxy) is 1. The van der Waals surface area contributed by atoms with Crippen molar-refractivity contribution in [2.45, 2.75) is 52.1 Å². The Labute approximate surface area is 205 Å². The molecule has 0 spiro atoms. The molecule has 0 unspecified atom stereocenters. The van der Waals surface area contributed by atoms with Crippen LogP contribution in [0.5, 0.6) is 0 Å². The predicted molar refractivity (Wildman–Crippen MR) is 140 cm³/mol. The Morgan fingerprint density at radius 3 is 2.18 bits per heavy atom. The monoisotopic (exact) mass is 478 g/mol. The minimum atomic E-state index is -0.250. The SMILES string of the molecule is CCOC(=O)c1c(NC(=S)N(Cc2ccccc2)Cc2ccccc2)sc2c1CCCCC2. The standard InChI is InChI=1S/C27H30N2O2S2/c1-2-31-26(30)24-22-16-10-5-11-17-23(22)33-25(24)28-27(32)29(18-20-12-6-3-7-13-20)19-21-14-8-4-9-15-21/h3-4,6-9,12-15H,2,5,10-11,16-19H2,1H3,(H,28,32). The van der Waals surface area contributed by atoms with E-state index < -0.39 is 0 Å². The summed E-state index contributed by atoms with van der Waals surface area (Å²) < 4.78 is 5.44. The number of esters is 1. The van der Waals surface area contributed by atoms with Gasteiger partial charge >= 0.3 is 5.97 Å². The van der Waals surface area contributed by atoms with Crippen molar-refractivity contribution in [1.82, 2.24) is 4.90 Å². The molecule has 0 bridgehead atoms. The average Bonchev–Trinajstić information content (AvgIpc) is 3.00. The smallest absolute Gasteiger partial charge is 0.341 e. The van der Waals surface area contributed by atoms with E-state index >= 15 is 0 Å². The van der Waals surface area contributed by atoms with Crippen LogP contribution in [0.2, 0.25) is 0 Å². The zero-order chi connectivity index (χ0) is 23.0. The highest BCUT2D eigenvalue weighted by Gasteiger charge is 2.27. The van der Waals surface area contributed by atoms with Crippen LogP contribution in [0.1, 0.15) is 58.1 Å². The minimum absolute atomic E-state index is 0.250. The van der Waals surface area contributed by atoms with Crippen molar-refractivity contribution in [2.24, 2.45) is 0 Å². The van der Waals surface area contributed by atoms with Crippen LogP contribution in [-0.2, 0) is 30.7 Å². The van der Waals surface area contributed by atoms with Gasteiger partial charge in [-0.3, -0.25) is 0 Å². The molecule has 1 N–H and O–H groups in total. The molecule has 0 atom stereocenters.